The van der Waals surface area contributed by atoms with Gasteiger partial charge in [-0.15, -0.1) is 0 Å². The van der Waals surface area contributed by atoms with E-state index in [9.17, 15) is 4.79 Å². The quantitative estimate of drug-likeness (QED) is 0.867. The third-order valence-corrected chi connectivity index (χ3v) is 3.61. The number of methoxy groups -OCH3 is 1. The van der Waals surface area contributed by atoms with Crippen LogP contribution in [0.2, 0.25) is 0 Å². The Morgan fingerprint density at radius 2 is 1.94 bits per heavy atom. The highest BCUT2D eigenvalue weighted by atomic mass is 16.5. The van der Waals surface area contributed by atoms with Crippen LogP contribution >= 0.6 is 0 Å². The number of ketones is 1. The van der Waals surface area contributed by atoms with Crippen molar-refractivity contribution in [2.24, 2.45) is 5.92 Å². The molecule has 2 rings (SSSR count). The highest BCUT2D eigenvalue weighted by Gasteiger charge is 2.20. The molecule has 1 aromatic carbocycles. The molecule has 0 bridgehead atoms. The summed E-state index contributed by atoms with van der Waals surface area (Å²) in [6, 6.07) is 7.97. The fourth-order valence-electron chi connectivity index (χ4n) is 2.41. The number of nitrogens with one attached hydrogen (secondary N) is 1. The van der Waals surface area contributed by atoms with Crippen LogP contribution in [0.1, 0.15) is 24.8 Å². The maximum Gasteiger partial charge on any atom is 0.136 e. The molecule has 1 aliphatic rings. The summed E-state index contributed by atoms with van der Waals surface area (Å²) in [7, 11) is 1.66. The molecule has 1 aromatic rings. The smallest absolute Gasteiger partial charge is 0.136 e. The van der Waals surface area contributed by atoms with Crippen LogP contribution in [-0.2, 0) is 11.2 Å². The van der Waals surface area contributed by atoms with E-state index in [1.54, 1.807) is 7.11 Å². The van der Waals surface area contributed by atoms with Gasteiger partial charge in [0.25, 0.3) is 0 Å². The lowest BCUT2D eigenvalue weighted by Crippen LogP contribution is -2.31. The highest BCUT2D eigenvalue weighted by molar-refractivity contribution is 5.81. The first-order chi connectivity index (χ1) is 8.79. The van der Waals surface area contributed by atoms with Gasteiger partial charge < -0.3 is 10.1 Å². The van der Waals surface area contributed by atoms with Crippen molar-refractivity contribution in [1.82, 2.24) is 5.32 Å². The van der Waals surface area contributed by atoms with E-state index in [2.05, 4.69) is 5.32 Å². The van der Waals surface area contributed by atoms with Gasteiger partial charge in [-0.1, -0.05) is 12.1 Å². The van der Waals surface area contributed by atoms with Crippen molar-refractivity contribution >= 4 is 5.78 Å². The molecule has 1 N–H and O–H groups in total. The number of carbonyl (C=O) groups excluding carboxylic acids is 1. The number of benzene rings is 1. The van der Waals surface area contributed by atoms with Gasteiger partial charge in [0.05, 0.1) is 7.11 Å². The first-order valence-corrected chi connectivity index (χ1v) is 6.66. The summed E-state index contributed by atoms with van der Waals surface area (Å²) < 4.78 is 5.12. The summed E-state index contributed by atoms with van der Waals surface area (Å²) in [5.41, 5.74) is 1.21. The molecule has 1 heterocycles. The minimum Gasteiger partial charge on any atom is -0.497 e. The van der Waals surface area contributed by atoms with Crippen LogP contribution in [0.15, 0.2) is 24.3 Å². The van der Waals surface area contributed by atoms with Crippen LogP contribution in [0.25, 0.3) is 0 Å². The molecule has 0 aromatic heterocycles. The molecule has 3 heteroatoms. The number of carbonyl (C=O) groups is 1. The SMILES string of the molecule is COc1ccc(CCC(=O)C2CCNCC2)cc1. The number of hydrogen-bond donors (Lipinski definition) is 1. The van der Waals surface area contributed by atoms with Crippen LogP contribution in [0.4, 0.5) is 0 Å². The van der Waals surface area contributed by atoms with Gasteiger partial charge in [-0.05, 0) is 50.0 Å². The van der Waals surface area contributed by atoms with E-state index in [4.69, 9.17) is 4.74 Å². The van der Waals surface area contributed by atoms with Gasteiger partial charge >= 0.3 is 0 Å². The summed E-state index contributed by atoms with van der Waals surface area (Å²) >= 11 is 0. The van der Waals surface area contributed by atoms with Crippen LogP contribution in [0.5, 0.6) is 5.75 Å². The van der Waals surface area contributed by atoms with Crippen molar-refractivity contribution < 1.29 is 9.53 Å². The fraction of sp³-hybridized carbons (Fsp3) is 0.533. The first kappa shape index (κ1) is 13.1. The van der Waals surface area contributed by atoms with Crippen molar-refractivity contribution in [3.8, 4) is 5.75 Å². The molecular formula is C15H21NO2. The Morgan fingerprint density at radius 1 is 1.28 bits per heavy atom. The number of Topliss-reactive ketones (excluding diaryl/α,β-unsaturated/α-hetero) is 1. The molecule has 0 saturated carbocycles. The zero-order chi connectivity index (χ0) is 12.8. The van der Waals surface area contributed by atoms with Gasteiger partial charge in [0.1, 0.15) is 11.5 Å². The fourth-order valence-corrected chi connectivity index (χ4v) is 2.41. The predicted molar refractivity (Wildman–Crippen MR) is 71.9 cm³/mol. The molecule has 0 atom stereocenters. The number of aryl methyl sites for hydroxylation is 1. The van der Waals surface area contributed by atoms with Crippen LogP contribution in [-0.4, -0.2) is 26.0 Å². The molecule has 0 spiro atoms. The van der Waals surface area contributed by atoms with Crippen molar-refractivity contribution in [3.63, 3.8) is 0 Å². The van der Waals surface area contributed by atoms with Gasteiger partial charge in [-0.25, -0.2) is 0 Å². The average Bonchev–Trinajstić information content (AvgIpc) is 2.46. The second-order valence-electron chi connectivity index (χ2n) is 4.84. The Labute approximate surface area is 109 Å². The van der Waals surface area contributed by atoms with E-state index >= 15 is 0 Å². The van der Waals surface area contributed by atoms with Gasteiger partial charge in [-0.2, -0.15) is 0 Å². The average molecular weight is 247 g/mol. The molecule has 3 nitrogen and oxygen atoms in total. The van der Waals surface area contributed by atoms with Gasteiger partial charge in [0, 0.05) is 12.3 Å². The van der Waals surface area contributed by atoms with E-state index in [-0.39, 0.29) is 5.92 Å². The Morgan fingerprint density at radius 3 is 2.56 bits per heavy atom. The molecule has 98 valence electrons. The third kappa shape index (κ3) is 3.57. The topological polar surface area (TPSA) is 38.3 Å². The van der Waals surface area contributed by atoms with E-state index in [0.29, 0.717) is 12.2 Å². The van der Waals surface area contributed by atoms with Crippen LogP contribution in [0.3, 0.4) is 0 Å². The number of rotatable bonds is 5. The van der Waals surface area contributed by atoms with E-state index in [1.807, 2.05) is 24.3 Å². The zero-order valence-electron chi connectivity index (χ0n) is 10.9. The Hall–Kier alpha value is -1.35. The van der Waals surface area contributed by atoms with Crippen molar-refractivity contribution in [2.75, 3.05) is 20.2 Å². The summed E-state index contributed by atoms with van der Waals surface area (Å²) in [6.45, 7) is 1.97. The summed E-state index contributed by atoms with van der Waals surface area (Å²) in [5, 5.41) is 3.29. The lowest BCUT2D eigenvalue weighted by molar-refractivity contribution is -0.123. The number of piperidine rings is 1. The summed E-state index contributed by atoms with van der Waals surface area (Å²) in [5.74, 6) is 1.57. The lowest BCUT2D eigenvalue weighted by Gasteiger charge is -2.21. The third-order valence-electron chi connectivity index (χ3n) is 3.61. The standard InChI is InChI=1S/C15H21NO2/c1-18-14-5-2-12(3-6-14)4-7-15(17)13-8-10-16-11-9-13/h2-3,5-6,13,16H,4,7-11H2,1H3. The van der Waals surface area contributed by atoms with Crippen LogP contribution < -0.4 is 10.1 Å². The maximum atomic E-state index is 12.0. The molecule has 1 saturated heterocycles. The number of ether oxygens (including phenoxy) is 1. The van der Waals surface area contributed by atoms with Crippen molar-refractivity contribution in [1.29, 1.82) is 0 Å². The maximum absolute atomic E-state index is 12.0. The van der Waals surface area contributed by atoms with Gasteiger partial charge in [-0.3, -0.25) is 4.79 Å². The molecule has 0 radical (unpaired) electrons. The Balaban J connectivity index is 1.80. The van der Waals surface area contributed by atoms with Crippen molar-refractivity contribution in [2.45, 2.75) is 25.7 Å². The van der Waals surface area contributed by atoms with Gasteiger partial charge in [0.15, 0.2) is 0 Å². The molecule has 1 fully saturated rings. The normalized spacial score (nSPS) is 16.5. The van der Waals surface area contributed by atoms with E-state index in [1.165, 1.54) is 5.56 Å². The van der Waals surface area contributed by atoms with E-state index < -0.39 is 0 Å². The Kier molecular flexibility index (Phi) is 4.76. The number of hydrogen-bond acceptors (Lipinski definition) is 3. The molecule has 18 heavy (non-hydrogen) atoms. The predicted octanol–water partition coefficient (Wildman–Crippen LogP) is 2.20. The van der Waals surface area contributed by atoms with Crippen molar-refractivity contribution in [3.05, 3.63) is 29.8 Å². The highest BCUT2D eigenvalue weighted by Crippen LogP contribution is 2.17. The summed E-state index contributed by atoms with van der Waals surface area (Å²) in [4.78, 5) is 12.0. The summed E-state index contributed by atoms with van der Waals surface area (Å²) in [6.07, 6.45) is 3.51. The minimum absolute atomic E-state index is 0.282. The largest absolute Gasteiger partial charge is 0.497 e. The van der Waals surface area contributed by atoms with Crippen LogP contribution in [0, 0.1) is 5.92 Å². The van der Waals surface area contributed by atoms with Gasteiger partial charge in [0.2, 0.25) is 0 Å². The molecule has 1 aliphatic heterocycles. The second-order valence-corrected chi connectivity index (χ2v) is 4.84. The first-order valence-electron chi connectivity index (χ1n) is 6.66. The Bertz CT molecular complexity index is 380. The molecule has 0 aliphatic carbocycles. The monoisotopic (exact) mass is 247 g/mol. The zero-order valence-corrected chi connectivity index (χ0v) is 10.9. The lowest BCUT2D eigenvalue weighted by atomic mass is 9.90. The molecular weight excluding hydrogens is 226 g/mol. The molecule has 0 amide bonds. The molecule has 0 unspecified atom stereocenters. The minimum atomic E-state index is 0.282. The second kappa shape index (κ2) is 6.55. The van der Waals surface area contributed by atoms with E-state index in [0.717, 1.165) is 38.1 Å².